The molecule has 4 nitrogen and oxygen atoms in total. The van der Waals surface area contributed by atoms with E-state index >= 15 is 0 Å². The van der Waals surface area contributed by atoms with Crippen LogP contribution in [-0.2, 0) is 6.54 Å². The van der Waals surface area contributed by atoms with Crippen molar-refractivity contribution in [3.05, 3.63) is 34.6 Å². The molecule has 0 radical (unpaired) electrons. The topological polar surface area (TPSA) is 51.0 Å². The molecule has 0 amide bonds. The Hall–Kier alpha value is -1.20. The maximum Gasteiger partial charge on any atom is 0.240 e. The van der Waals surface area contributed by atoms with Crippen LogP contribution in [0.3, 0.4) is 0 Å². The van der Waals surface area contributed by atoms with Gasteiger partial charge in [0.2, 0.25) is 11.7 Å². The van der Waals surface area contributed by atoms with Gasteiger partial charge in [-0.3, -0.25) is 0 Å². The van der Waals surface area contributed by atoms with Crippen molar-refractivity contribution >= 4 is 15.9 Å². The molecule has 1 N–H and O–H groups in total. The lowest BCUT2D eigenvalue weighted by molar-refractivity contribution is 0.357. The van der Waals surface area contributed by atoms with Crippen LogP contribution in [-0.4, -0.2) is 16.2 Å². The number of rotatable bonds is 4. The lowest BCUT2D eigenvalue weighted by Crippen LogP contribution is -2.25. The van der Waals surface area contributed by atoms with Gasteiger partial charge in [0, 0.05) is 16.1 Å². The summed E-state index contributed by atoms with van der Waals surface area (Å²) in [5.74, 6) is 1.30. The molecule has 1 fully saturated rings. The minimum Gasteiger partial charge on any atom is -0.338 e. The van der Waals surface area contributed by atoms with Crippen LogP contribution >= 0.6 is 15.9 Å². The fourth-order valence-electron chi connectivity index (χ4n) is 2.43. The van der Waals surface area contributed by atoms with Gasteiger partial charge in [-0.05, 0) is 25.0 Å². The second kappa shape index (κ2) is 5.84. The number of halogens is 1. The van der Waals surface area contributed by atoms with Crippen molar-refractivity contribution in [2.45, 2.75) is 38.3 Å². The van der Waals surface area contributed by atoms with Crippen LogP contribution in [0.25, 0.3) is 11.4 Å². The summed E-state index contributed by atoms with van der Waals surface area (Å²) in [5, 5.41) is 7.49. The number of nitrogens with one attached hydrogen (secondary N) is 1. The number of aromatic nitrogens is 2. The Morgan fingerprint density at radius 2 is 2.16 bits per heavy atom. The molecule has 3 rings (SSSR count). The van der Waals surface area contributed by atoms with Crippen molar-refractivity contribution in [1.29, 1.82) is 0 Å². The van der Waals surface area contributed by atoms with Gasteiger partial charge in [-0.2, -0.15) is 4.98 Å². The Morgan fingerprint density at radius 3 is 2.95 bits per heavy atom. The molecule has 100 valence electrons. The number of nitrogens with zero attached hydrogens (tertiary/aromatic N) is 2. The van der Waals surface area contributed by atoms with Gasteiger partial charge < -0.3 is 9.84 Å². The molecule has 0 unspecified atom stereocenters. The molecule has 0 spiro atoms. The zero-order valence-electron chi connectivity index (χ0n) is 10.6. The Kier molecular flexibility index (Phi) is 3.94. The van der Waals surface area contributed by atoms with Crippen LogP contribution in [0.2, 0.25) is 0 Å². The maximum atomic E-state index is 5.28. The molecule has 2 aromatic rings. The summed E-state index contributed by atoms with van der Waals surface area (Å²) in [6, 6.07) is 8.52. The van der Waals surface area contributed by atoms with Crippen LogP contribution in [0.5, 0.6) is 0 Å². The van der Waals surface area contributed by atoms with Crippen LogP contribution in [0, 0.1) is 0 Å². The van der Waals surface area contributed by atoms with E-state index in [4.69, 9.17) is 4.52 Å². The van der Waals surface area contributed by atoms with E-state index in [0.717, 1.165) is 10.0 Å². The summed E-state index contributed by atoms with van der Waals surface area (Å²) < 4.78 is 6.29. The highest BCUT2D eigenvalue weighted by Gasteiger charge is 2.15. The van der Waals surface area contributed by atoms with Gasteiger partial charge in [0.1, 0.15) is 0 Å². The average molecular weight is 322 g/mol. The number of hydrogen-bond donors (Lipinski definition) is 1. The molecule has 0 saturated heterocycles. The van der Waals surface area contributed by atoms with Crippen molar-refractivity contribution in [1.82, 2.24) is 15.5 Å². The highest BCUT2D eigenvalue weighted by molar-refractivity contribution is 9.10. The maximum absolute atomic E-state index is 5.28. The fraction of sp³-hybridized carbons (Fsp3) is 0.429. The largest absolute Gasteiger partial charge is 0.338 e. The lowest BCUT2D eigenvalue weighted by Gasteiger charge is -2.08. The highest BCUT2D eigenvalue weighted by atomic mass is 79.9. The molecule has 1 aromatic carbocycles. The van der Waals surface area contributed by atoms with Gasteiger partial charge in [-0.15, -0.1) is 0 Å². The summed E-state index contributed by atoms with van der Waals surface area (Å²) in [6.07, 6.45) is 5.16. The van der Waals surface area contributed by atoms with E-state index in [-0.39, 0.29) is 0 Å². The smallest absolute Gasteiger partial charge is 0.240 e. The molecule has 0 bridgehead atoms. The molecule has 1 aromatic heterocycles. The van der Waals surface area contributed by atoms with Crippen LogP contribution < -0.4 is 5.32 Å². The molecule has 0 aliphatic heterocycles. The minimum absolute atomic E-state index is 0.612. The predicted octanol–water partition coefficient (Wildman–Crippen LogP) is 3.53. The first kappa shape index (κ1) is 12.8. The van der Waals surface area contributed by atoms with Gasteiger partial charge in [0.05, 0.1) is 6.54 Å². The van der Waals surface area contributed by atoms with Crippen molar-refractivity contribution in [3.63, 3.8) is 0 Å². The van der Waals surface area contributed by atoms with E-state index < -0.39 is 0 Å². The van der Waals surface area contributed by atoms with Crippen LogP contribution in [0.1, 0.15) is 31.6 Å². The third-order valence-corrected chi connectivity index (χ3v) is 3.94. The van der Waals surface area contributed by atoms with Gasteiger partial charge in [-0.1, -0.05) is 46.1 Å². The average Bonchev–Trinajstić information content (AvgIpc) is 3.08. The van der Waals surface area contributed by atoms with E-state index in [2.05, 4.69) is 31.4 Å². The fourth-order valence-corrected chi connectivity index (χ4v) is 2.83. The van der Waals surface area contributed by atoms with Gasteiger partial charge in [-0.25, -0.2) is 0 Å². The van der Waals surface area contributed by atoms with Crippen molar-refractivity contribution in [3.8, 4) is 11.4 Å². The van der Waals surface area contributed by atoms with E-state index in [1.54, 1.807) is 0 Å². The van der Waals surface area contributed by atoms with E-state index in [1.807, 2.05) is 24.3 Å². The Bertz CT molecular complexity index is 549. The Labute approximate surface area is 120 Å². The summed E-state index contributed by atoms with van der Waals surface area (Å²) >= 11 is 3.44. The normalized spacial score (nSPS) is 16.1. The van der Waals surface area contributed by atoms with Crippen molar-refractivity contribution in [2.24, 2.45) is 0 Å². The standard InChI is InChI=1S/C14H16BrN3O/c15-11-5-3-4-10(8-11)14-17-13(19-18-14)9-16-12-6-1-2-7-12/h3-5,8,12,16H,1-2,6-7,9H2. The molecule has 1 aliphatic carbocycles. The van der Waals surface area contributed by atoms with Crippen LogP contribution in [0.15, 0.2) is 33.3 Å². The van der Waals surface area contributed by atoms with Crippen molar-refractivity contribution in [2.75, 3.05) is 0 Å². The second-order valence-corrected chi connectivity index (χ2v) is 5.80. The third kappa shape index (κ3) is 3.22. The third-order valence-electron chi connectivity index (χ3n) is 3.45. The summed E-state index contributed by atoms with van der Waals surface area (Å²) in [4.78, 5) is 4.42. The van der Waals surface area contributed by atoms with Crippen LogP contribution in [0.4, 0.5) is 0 Å². The highest BCUT2D eigenvalue weighted by Crippen LogP contribution is 2.21. The van der Waals surface area contributed by atoms with Gasteiger partial charge in [0.25, 0.3) is 0 Å². The van der Waals surface area contributed by atoms with Gasteiger partial charge in [0.15, 0.2) is 0 Å². The molecule has 1 aliphatic rings. The second-order valence-electron chi connectivity index (χ2n) is 4.88. The summed E-state index contributed by atoms with van der Waals surface area (Å²) in [5.41, 5.74) is 0.963. The molecule has 1 saturated carbocycles. The predicted molar refractivity (Wildman–Crippen MR) is 76.5 cm³/mol. The molecule has 5 heteroatoms. The quantitative estimate of drug-likeness (QED) is 0.935. The lowest BCUT2D eigenvalue weighted by atomic mass is 10.2. The van der Waals surface area contributed by atoms with E-state index in [1.165, 1.54) is 25.7 Å². The summed E-state index contributed by atoms with van der Waals surface area (Å²) in [7, 11) is 0. The zero-order valence-corrected chi connectivity index (χ0v) is 12.2. The minimum atomic E-state index is 0.612. The van der Waals surface area contributed by atoms with E-state index in [0.29, 0.717) is 24.3 Å². The Morgan fingerprint density at radius 1 is 1.32 bits per heavy atom. The molecule has 19 heavy (non-hydrogen) atoms. The first-order valence-corrected chi connectivity index (χ1v) is 7.42. The van der Waals surface area contributed by atoms with E-state index in [9.17, 15) is 0 Å². The molecular weight excluding hydrogens is 306 g/mol. The number of hydrogen-bond acceptors (Lipinski definition) is 4. The SMILES string of the molecule is Brc1cccc(-c2noc(CNC3CCCC3)n2)c1. The zero-order chi connectivity index (χ0) is 13.1. The molecule has 1 heterocycles. The first-order valence-electron chi connectivity index (χ1n) is 6.63. The Balaban J connectivity index is 1.65. The number of benzene rings is 1. The molecule has 0 atom stereocenters. The monoisotopic (exact) mass is 321 g/mol. The van der Waals surface area contributed by atoms with Crippen molar-refractivity contribution < 1.29 is 4.52 Å². The molecular formula is C14H16BrN3O. The summed E-state index contributed by atoms with van der Waals surface area (Å²) in [6.45, 7) is 0.658. The van der Waals surface area contributed by atoms with Gasteiger partial charge >= 0.3 is 0 Å². The first-order chi connectivity index (χ1) is 9.31.